The predicted octanol–water partition coefficient (Wildman–Crippen LogP) is 1.62. The van der Waals surface area contributed by atoms with Gasteiger partial charge >= 0.3 is 5.97 Å². The van der Waals surface area contributed by atoms with E-state index < -0.39 is 27.4 Å². The lowest BCUT2D eigenvalue weighted by atomic mass is 10.2. The highest BCUT2D eigenvalue weighted by Crippen LogP contribution is 2.35. The number of hydrogen-bond acceptors (Lipinski definition) is 5. The Kier molecular flexibility index (Phi) is 5.12. The maximum atomic E-state index is 12.3. The topological polar surface area (TPSA) is 113 Å². The number of aliphatic carboxylic acids is 1. The first kappa shape index (κ1) is 18.6. The lowest BCUT2D eigenvalue weighted by Gasteiger charge is -2.12. The van der Waals surface area contributed by atoms with Crippen LogP contribution in [0, 0.1) is 0 Å². The molecule has 1 aromatic heterocycles. The molecule has 1 saturated carbocycles. The number of carbonyl (C=O) groups is 2. The second kappa shape index (κ2) is 7.18. The molecule has 1 aliphatic rings. The summed E-state index contributed by atoms with van der Waals surface area (Å²) < 4.78 is 27.1. The fraction of sp³-hybridized carbons (Fsp3) is 0.294. The van der Waals surface area contributed by atoms with Gasteiger partial charge in [0, 0.05) is 17.0 Å². The molecule has 7 nitrogen and oxygen atoms in total. The molecule has 3 rings (SSSR count). The Balaban J connectivity index is 1.61. The third kappa shape index (κ3) is 4.12. The monoisotopic (exact) mass is 394 g/mol. The number of carboxylic acid groups (broad SMARTS) is 1. The average Bonchev–Trinajstić information content (AvgIpc) is 3.21. The molecule has 0 unspecified atom stereocenters. The first-order chi connectivity index (χ1) is 12.3. The molecule has 0 spiro atoms. The molecule has 1 amide bonds. The van der Waals surface area contributed by atoms with Crippen molar-refractivity contribution >= 4 is 33.2 Å². The van der Waals surface area contributed by atoms with E-state index in [4.69, 9.17) is 5.11 Å². The Labute approximate surface area is 155 Å². The summed E-state index contributed by atoms with van der Waals surface area (Å²) >= 11 is 1.56. The Morgan fingerprint density at radius 2 is 1.85 bits per heavy atom. The number of hydrogen-bond donors (Lipinski definition) is 3. The minimum Gasteiger partial charge on any atom is -0.480 e. The zero-order chi connectivity index (χ0) is 18.8. The van der Waals surface area contributed by atoms with Crippen LogP contribution in [0.5, 0.6) is 0 Å². The fourth-order valence-corrected chi connectivity index (χ4v) is 4.18. The minimum absolute atomic E-state index is 0.0552. The molecule has 3 N–H and O–H groups in total. The quantitative estimate of drug-likeness (QED) is 0.630. The van der Waals surface area contributed by atoms with E-state index in [9.17, 15) is 18.0 Å². The van der Waals surface area contributed by atoms with Crippen LogP contribution in [0.3, 0.4) is 0 Å². The van der Waals surface area contributed by atoms with Crippen LogP contribution in [-0.4, -0.2) is 37.5 Å². The minimum atomic E-state index is -3.66. The molecule has 1 fully saturated rings. The number of sulfonamides is 1. The van der Waals surface area contributed by atoms with Crippen molar-refractivity contribution in [1.82, 2.24) is 10.0 Å². The number of thiophene rings is 1. The fourth-order valence-electron chi connectivity index (χ4n) is 2.44. The van der Waals surface area contributed by atoms with E-state index in [1.165, 1.54) is 24.3 Å². The van der Waals surface area contributed by atoms with Gasteiger partial charge in [0.25, 0.3) is 5.91 Å². The smallest absolute Gasteiger partial charge is 0.329 e. The van der Waals surface area contributed by atoms with Gasteiger partial charge in [-0.3, -0.25) is 4.79 Å². The van der Waals surface area contributed by atoms with Crippen molar-refractivity contribution < 1.29 is 23.1 Å². The summed E-state index contributed by atoms with van der Waals surface area (Å²) in [6.45, 7) is 0.284. The number of rotatable bonds is 8. The summed E-state index contributed by atoms with van der Waals surface area (Å²) in [6, 6.07) is 9.28. The summed E-state index contributed by atoms with van der Waals surface area (Å²) in [5.74, 6) is -1.58. The third-order valence-electron chi connectivity index (χ3n) is 4.18. The van der Waals surface area contributed by atoms with Crippen LogP contribution < -0.4 is 10.0 Å². The highest BCUT2D eigenvalue weighted by molar-refractivity contribution is 7.89. The maximum absolute atomic E-state index is 12.3. The molecule has 0 aliphatic heterocycles. The number of amides is 1. The van der Waals surface area contributed by atoms with E-state index >= 15 is 0 Å². The molecule has 9 heteroatoms. The van der Waals surface area contributed by atoms with Crippen LogP contribution in [0.2, 0.25) is 0 Å². The molecule has 138 valence electrons. The molecule has 1 aliphatic carbocycles. The van der Waals surface area contributed by atoms with Gasteiger partial charge in [-0.15, -0.1) is 11.3 Å². The molecule has 0 saturated heterocycles. The summed E-state index contributed by atoms with van der Waals surface area (Å²) in [6.07, 6.45) is 1.40. The van der Waals surface area contributed by atoms with Crippen molar-refractivity contribution in [1.29, 1.82) is 0 Å². The molecule has 0 atom stereocenters. The summed E-state index contributed by atoms with van der Waals surface area (Å²) in [7, 11) is -3.66. The van der Waals surface area contributed by atoms with Crippen molar-refractivity contribution in [3.63, 3.8) is 0 Å². The van der Waals surface area contributed by atoms with Crippen LogP contribution >= 0.6 is 11.3 Å². The Bertz CT molecular complexity index is 901. The molecule has 2 aromatic rings. The zero-order valence-corrected chi connectivity index (χ0v) is 15.4. The van der Waals surface area contributed by atoms with E-state index in [1.54, 1.807) is 11.3 Å². The highest BCUT2D eigenvalue weighted by Gasteiger charge is 2.51. The van der Waals surface area contributed by atoms with Gasteiger partial charge < -0.3 is 10.4 Å². The number of nitrogens with one attached hydrogen (secondary N) is 2. The van der Waals surface area contributed by atoms with Gasteiger partial charge in [0.15, 0.2) is 0 Å². The number of carboxylic acids is 1. The van der Waals surface area contributed by atoms with Crippen molar-refractivity contribution in [2.45, 2.75) is 29.7 Å². The van der Waals surface area contributed by atoms with Gasteiger partial charge in [-0.1, -0.05) is 6.07 Å². The summed E-state index contributed by atoms with van der Waals surface area (Å²) in [4.78, 5) is 24.4. The summed E-state index contributed by atoms with van der Waals surface area (Å²) in [5.41, 5.74) is -0.958. The molecule has 26 heavy (non-hydrogen) atoms. The lowest BCUT2D eigenvalue weighted by Crippen LogP contribution is -2.43. The molecular formula is C17H18N2O5S2. The van der Waals surface area contributed by atoms with Crippen molar-refractivity contribution in [2.24, 2.45) is 0 Å². The van der Waals surface area contributed by atoms with E-state index in [2.05, 4.69) is 10.0 Å². The third-order valence-corrected chi connectivity index (χ3v) is 6.60. The Morgan fingerprint density at radius 3 is 2.38 bits per heavy atom. The molecule has 0 radical (unpaired) electrons. The first-order valence-electron chi connectivity index (χ1n) is 8.00. The van der Waals surface area contributed by atoms with Gasteiger partial charge in [-0.2, -0.15) is 0 Å². The van der Waals surface area contributed by atoms with Gasteiger partial charge in [-0.05, 0) is 55.0 Å². The van der Waals surface area contributed by atoms with Crippen LogP contribution in [0.1, 0.15) is 28.1 Å². The molecule has 0 bridgehead atoms. The van der Waals surface area contributed by atoms with Crippen LogP contribution in [0.25, 0.3) is 0 Å². The second-order valence-corrected chi connectivity index (χ2v) is 8.89. The SMILES string of the molecule is O=C(NC1(C(=O)O)CC1)c1ccc(S(=O)(=O)NCCc2cccs2)cc1. The van der Waals surface area contributed by atoms with E-state index in [-0.39, 0.29) is 17.0 Å². The number of benzene rings is 1. The van der Waals surface area contributed by atoms with Crippen molar-refractivity contribution in [3.8, 4) is 0 Å². The van der Waals surface area contributed by atoms with E-state index in [1.807, 2.05) is 17.5 Å². The summed E-state index contributed by atoms with van der Waals surface area (Å²) in [5, 5.41) is 13.5. The Morgan fingerprint density at radius 1 is 1.15 bits per heavy atom. The second-order valence-electron chi connectivity index (χ2n) is 6.09. The predicted molar refractivity (Wildman–Crippen MR) is 96.7 cm³/mol. The molecule has 1 heterocycles. The van der Waals surface area contributed by atoms with E-state index in [0.717, 1.165) is 4.88 Å². The maximum Gasteiger partial charge on any atom is 0.329 e. The van der Waals surface area contributed by atoms with Crippen molar-refractivity contribution in [3.05, 3.63) is 52.2 Å². The normalized spacial score (nSPS) is 15.4. The molecule has 1 aromatic carbocycles. The standard InChI is InChI=1S/C17H18N2O5S2/c20-15(19-17(8-9-17)16(21)22)12-3-5-14(6-4-12)26(23,24)18-10-7-13-2-1-11-25-13/h1-6,11,18H,7-10H2,(H,19,20)(H,21,22). The first-order valence-corrected chi connectivity index (χ1v) is 10.4. The zero-order valence-electron chi connectivity index (χ0n) is 13.8. The van der Waals surface area contributed by atoms with Crippen LogP contribution in [-0.2, 0) is 21.2 Å². The van der Waals surface area contributed by atoms with Crippen LogP contribution in [0.4, 0.5) is 0 Å². The van der Waals surface area contributed by atoms with Gasteiger partial charge in [0.2, 0.25) is 10.0 Å². The van der Waals surface area contributed by atoms with Gasteiger partial charge in [0.1, 0.15) is 5.54 Å². The van der Waals surface area contributed by atoms with E-state index in [0.29, 0.717) is 19.3 Å². The van der Waals surface area contributed by atoms with Crippen LogP contribution in [0.15, 0.2) is 46.7 Å². The largest absolute Gasteiger partial charge is 0.480 e. The van der Waals surface area contributed by atoms with Crippen molar-refractivity contribution in [2.75, 3.05) is 6.54 Å². The Hall–Kier alpha value is -2.23. The number of carbonyl (C=O) groups excluding carboxylic acids is 1. The lowest BCUT2D eigenvalue weighted by molar-refractivity contribution is -0.140. The van der Waals surface area contributed by atoms with Gasteiger partial charge in [-0.25, -0.2) is 17.9 Å². The highest BCUT2D eigenvalue weighted by atomic mass is 32.2. The van der Waals surface area contributed by atoms with Gasteiger partial charge in [0.05, 0.1) is 4.90 Å². The molecular weight excluding hydrogens is 376 g/mol. The average molecular weight is 394 g/mol.